The van der Waals surface area contributed by atoms with Gasteiger partial charge < -0.3 is 4.90 Å². The van der Waals surface area contributed by atoms with E-state index in [1.807, 2.05) is 37.3 Å². The van der Waals surface area contributed by atoms with Gasteiger partial charge in [-0.2, -0.15) is 0 Å². The van der Waals surface area contributed by atoms with Crippen molar-refractivity contribution in [2.75, 3.05) is 14.1 Å². The monoisotopic (exact) mass is 276 g/mol. The van der Waals surface area contributed by atoms with Crippen LogP contribution in [0.1, 0.15) is 6.92 Å². The van der Waals surface area contributed by atoms with Crippen molar-refractivity contribution in [3.63, 3.8) is 0 Å². The van der Waals surface area contributed by atoms with Crippen LogP contribution in [0.4, 0.5) is 0 Å². The molecule has 0 aliphatic heterocycles. The second-order valence-corrected chi connectivity index (χ2v) is 5.63. The summed E-state index contributed by atoms with van der Waals surface area (Å²) in [6.07, 6.45) is 0. The smallest absolute Gasteiger partial charge is 0.235 e. The van der Waals surface area contributed by atoms with Crippen LogP contribution in [-0.4, -0.2) is 45.3 Å². The second kappa shape index (κ2) is 5.88. The van der Waals surface area contributed by atoms with Crippen molar-refractivity contribution in [3.8, 4) is 11.4 Å². The van der Waals surface area contributed by atoms with Gasteiger partial charge in [-0.05, 0) is 6.92 Å². The molecule has 0 aliphatic rings. The zero-order chi connectivity index (χ0) is 13.8. The highest BCUT2D eigenvalue weighted by atomic mass is 32.2. The zero-order valence-corrected chi connectivity index (χ0v) is 11.9. The number of hydrogen-bond acceptors (Lipinski definition) is 4. The van der Waals surface area contributed by atoms with Crippen LogP contribution in [0.15, 0.2) is 35.5 Å². The summed E-state index contributed by atoms with van der Waals surface area (Å²) in [6.45, 7) is 1.85. The van der Waals surface area contributed by atoms with E-state index in [1.165, 1.54) is 11.8 Å². The number of nitrogens with zero attached hydrogens (tertiary/aromatic N) is 3. The third-order valence-electron chi connectivity index (χ3n) is 2.58. The van der Waals surface area contributed by atoms with Crippen LogP contribution in [-0.2, 0) is 4.79 Å². The van der Waals surface area contributed by atoms with E-state index in [-0.39, 0.29) is 11.2 Å². The maximum atomic E-state index is 11.8. The standard InChI is InChI=1S/C13H16N4OS/c1-9(12(18)17(2)3)19-13-14-11(15-16-13)10-7-5-4-6-8-10/h4-9H,1-3H3,(H,14,15,16)/t9-/m1/s1. The van der Waals surface area contributed by atoms with Gasteiger partial charge in [0.1, 0.15) is 0 Å². The van der Waals surface area contributed by atoms with E-state index in [0.29, 0.717) is 11.0 Å². The fourth-order valence-electron chi connectivity index (χ4n) is 1.60. The summed E-state index contributed by atoms with van der Waals surface area (Å²) in [6, 6.07) is 9.77. The van der Waals surface area contributed by atoms with Crippen molar-refractivity contribution in [3.05, 3.63) is 30.3 Å². The first-order valence-electron chi connectivity index (χ1n) is 5.93. The molecule has 0 saturated heterocycles. The Bertz CT molecular complexity index is 553. The minimum atomic E-state index is -0.200. The van der Waals surface area contributed by atoms with Crippen molar-refractivity contribution in [2.45, 2.75) is 17.3 Å². The molecule has 0 aliphatic carbocycles. The van der Waals surface area contributed by atoms with Gasteiger partial charge >= 0.3 is 0 Å². The highest BCUT2D eigenvalue weighted by Crippen LogP contribution is 2.23. The van der Waals surface area contributed by atoms with Crippen LogP contribution in [0.25, 0.3) is 11.4 Å². The molecule has 2 rings (SSSR count). The molecular weight excluding hydrogens is 260 g/mol. The summed E-state index contributed by atoms with van der Waals surface area (Å²) < 4.78 is 0. The molecule has 0 fully saturated rings. The Morgan fingerprint density at radius 3 is 2.63 bits per heavy atom. The number of carbonyl (C=O) groups is 1. The minimum absolute atomic E-state index is 0.0519. The van der Waals surface area contributed by atoms with E-state index < -0.39 is 0 Å². The van der Waals surface area contributed by atoms with Crippen LogP contribution in [0.3, 0.4) is 0 Å². The van der Waals surface area contributed by atoms with Gasteiger partial charge in [0.2, 0.25) is 11.1 Å². The van der Waals surface area contributed by atoms with Crippen molar-refractivity contribution in [1.82, 2.24) is 20.1 Å². The molecule has 0 radical (unpaired) electrons. The highest BCUT2D eigenvalue weighted by Gasteiger charge is 2.18. The van der Waals surface area contributed by atoms with Crippen molar-refractivity contribution >= 4 is 17.7 Å². The van der Waals surface area contributed by atoms with Gasteiger partial charge in [0, 0.05) is 19.7 Å². The number of aromatic amines is 1. The molecule has 2 aromatic rings. The third kappa shape index (κ3) is 3.35. The molecule has 1 amide bonds. The number of aromatic nitrogens is 3. The van der Waals surface area contributed by atoms with Crippen LogP contribution in [0.5, 0.6) is 0 Å². The lowest BCUT2D eigenvalue weighted by Gasteiger charge is -2.14. The molecule has 5 nitrogen and oxygen atoms in total. The molecule has 0 spiro atoms. The van der Waals surface area contributed by atoms with E-state index in [0.717, 1.165) is 5.56 Å². The molecule has 1 N–H and O–H groups in total. The number of amides is 1. The van der Waals surface area contributed by atoms with E-state index in [4.69, 9.17) is 0 Å². The Morgan fingerprint density at radius 1 is 1.32 bits per heavy atom. The Hall–Kier alpha value is -1.82. The average Bonchev–Trinajstić information content (AvgIpc) is 2.87. The van der Waals surface area contributed by atoms with E-state index in [2.05, 4.69) is 15.2 Å². The number of hydrogen-bond donors (Lipinski definition) is 1. The largest absolute Gasteiger partial charge is 0.348 e. The number of H-pyrrole nitrogens is 1. The van der Waals surface area contributed by atoms with Gasteiger partial charge in [-0.25, -0.2) is 4.98 Å². The summed E-state index contributed by atoms with van der Waals surface area (Å²) >= 11 is 1.35. The molecule has 1 atom stereocenters. The molecule has 19 heavy (non-hydrogen) atoms. The fraction of sp³-hybridized carbons (Fsp3) is 0.308. The Morgan fingerprint density at radius 2 is 2.00 bits per heavy atom. The zero-order valence-electron chi connectivity index (χ0n) is 11.1. The number of rotatable bonds is 4. The van der Waals surface area contributed by atoms with Gasteiger partial charge in [-0.3, -0.25) is 9.89 Å². The van der Waals surface area contributed by atoms with E-state index >= 15 is 0 Å². The molecule has 0 saturated carbocycles. The van der Waals surface area contributed by atoms with Crippen molar-refractivity contribution in [1.29, 1.82) is 0 Å². The molecule has 1 aromatic carbocycles. The van der Waals surface area contributed by atoms with Crippen molar-refractivity contribution in [2.24, 2.45) is 0 Å². The van der Waals surface area contributed by atoms with Crippen LogP contribution < -0.4 is 0 Å². The topological polar surface area (TPSA) is 61.9 Å². The minimum Gasteiger partial charge on any atom is -0.348 e. The predicted molar refractivity (Wildman–Crippen MR) is 75.8 cm³/mol. The van der Waals surface area contributed by atoms with Gasteiger partial charge in [0.05, 0.1) is 5.25 Å². The number of benzene rings is 1. The van der Waals surface area contributed by atoms with Crippen LogP contribution in [0.2, 0.25) is 0 Å². The maximum absolute atomic E-state index is 11.8. The Balaban J connectivity index is 2.08. The lowest BCUT2D eigenvalue weighted by atomic mass is 10.2. The van der Waals surface area contributed by atoms with E-state index in [9.17, 15) is 4.79 Å². The summed E-state index contributed by atoms with van der Waals surface area (Å²) in [5.41, 5.74) is 0.980. The molecule has 100 valence electrons. The molecule has 6 heteroatoms. The first kappa shape index (κ1) is 13.6. The second-order valence-electron chi connectivity index (χ2n) is 4.33. The summed E-state index contributed by atoms with van der Waals surface area (Å²) in [5, 5.41) is 7.40. The maximum Gasteiger partial charge on any atom is 0.235 e. The third-order valence-corrected chi connectivity index (χ3v) is 3.53. The fourth-order valence-corrected chi connectivity index (χ4v) is 2.47. The summed E-state index contributed by atoms with van der Waals surface area (Å²) in [7, 11) is 3.49. The molecule has 0 unspecified atom stereocenters. The Labute approximate surface area is 116 Å². The average molecular weight is 276 g/mol. The summed E-state index contributed by atoms with van der Waals surface area (Å²) in [5.74, 6) is 0.767. The van der Waals surface area contributed by atoms with Gasteiger partial charge in [0.25, 0.3) is 0 Å². The first-order chi connectivity index (χ1) is 9.08. The highest BCUT2D eigenvalue weighted by molar-refractivity contribution is 8.00. The van der Waals surface area contributed by atoms with E-state index in [1.54, 1.807) is 19.0 Å². The van der Waals surface area contributed by atoms with Gasteiger partial charge in [0.15, 0.2) is 5.82 Å². The molecule has 0 bridgehead atoms. The molecule has 1 aromatic heterocycles. The lowest BCUT2D eigenvalue weighted by Crippen LogP contribution is -2.29. The summed E-state index contributed by atoms with van der Waals surface area (Å²) in [4.78, 5) is 17.7. The van der Waals surface area contributed by atoms with Crippen molar-refractivity contribution < 1.29 is 4.79 Å². The van der Waals surface area contributed by atoms with Gasteiger partial charge in [-0.15, -0.1) is 5.10 Å². The number of carbonyl (C=O) groups excluding carboxylic acids is 1. The quantitative estimate of drug-likeness (QED) is 0.868. The first-order valence-corrected chi connectivity index (χ1v) is 6.81. The normalized spacial score (nSPS) is 12.2. The lowest BCUT2D eigenvalue weighted by molar-refractivity contribution is -0.127. The van der Waals surface area contributed by atoms with Gasteiger partial charge in [-0.1, -0.05) is 42.1 Å². The molecule has 1 heterocycles. The SMILES string of the molecule is C[C@@H](Sc1n[nH]c(-c2ccccc2)n1)C(=O)N(C)C. The van der Waals surface area contributed by atoms with Crippen LogP contribution in [0, 0.1) is 0 Å². The predicted octanol–water partition coefficient (Wildman–Crippen LogP) is 2.04. The van der Waals surface area contributed by atoms with Crippen LogP contribution >= 0.6 is 11.8 Å². The number of thioether (sulfide) groups is 1. The molecular formula is C13H16N4OS. The Kier molecular flexibility index (Phi) is 4.21. The number of nitrogens with one attached hydrogen (secondary N) is 1.